The van der Waals surface area contributed by atoms with Gasteiger partial charge in [-0.1, -0.05) is 12.1 Å². The van der Waals surface area contributed by atoms with Crippen LogP contribution in [0.4, 0.5) is 5.69 Å². The molecule has 0 saturated carbocycles. The van der Waals surface area contributed by atoms with Crippen molar-refractivity contribution in [2.75, 3.05) is 19.0 Å². The highest BCUT2D eigenvalue weighted by Crippen LogP contribution is 2.10. The van der Waals surface area contributed by atoms with Crippen molar-refractivity contribution in [2.45, 2.75) is 13.0 Å². The maximum Gasteiger partial charge on any atom is 0.0713 e. The van der Waals surface area contributed by atoms with Gasteiger partial charge in [-0.15, -0.1) is 0 Å². The molecule has 0 bridgehead atoms. The minimum absolute atomic E-state index is 0.664. The number of methoxy groups -OCH3 is 1. The molecule has 0 saturated heterocycles. The second-order valence-corrected chi connectivity index (χ2v) is 4.16. The highest BCUT2D eigenvalue weighted by atomic mass is 16.5. The molecule has 2 rings (SSSR count). The van der Waals surface area contributed by atoms with E-state index in [4.69, 9.17) is 4.74 Å². The molecule has 0 aliphatic heterocycles. The summed E-state index contributed by atoms with van der Waals surface area (Å²) in [7, 11) is 1.71. The van der Waals surface area contributed by atoms with Crippen LogP contribution in [0.2, 0.25) is 0 Å². The number of hydrogen-bond donors (Lipinski definition) is 1. The van der Waals surface area contributed by atoms with Crippen LogP contribution in [0.15, 0.2) is 48.8 Å². The first-order valence-electron chi connectivity index (χ1n) is 6.09. The molecule has 3 heteroatoms. The van der Waals surface area contributed by atoms with Crippen LogP contribution in [0.5, 0.6) is 0 Å². The van der Waals surface area contributed by atoms with Gasteiger partial charge in [0.25, 0.3) is 0 Å². The second kappa shape index (κ2) is 6.77. The summed E-state index contributed by atoms with van der Waals surface area (Å²) in [6.07, 6.45) is 4.66. The van der Waals surface area contributed by atoms with Crippen LogP contribution >= 0.6 is 0 Å². The Bertz CT molecular complexity index is 454. The Morgan fingerprint density at radius 3 is 2.39 bits per heavy atom. The number of anilines is 1. The molecule has 0 radical (unpaired) electrons. The van der Waals surface area contributed by atoms with E-state index in [-0.39, 0.29) is 0 Å². The van der Waals surface area contributed by atoms with Gasteiger partial charge in [-0.25, -0.2) is 0 Å². The normalized spacial score (nSPS) is 10.3. The lowest BCUT2D eigenvalue weighted by molar-refractivity contribution is 0.185. The summed E-state index contributed by atoms with van der Waals surface area (Å²) in [6.45, 7) is 1.59. The summed E-state index contributed by atoms with van der Waals surface area (Å²) in [6, 6.07) is 12.4. The summed E-state index contributed by atoms with van der Waals surface area (Å²) in [5.41, 5.74) is 3.63. The maximum atomic E-state index is 5.08. The molecule has 0 unspecified atom stereocenters. The third-order valence-corrected chi connectivity index (χ3v) is 2.76. The molecular formula is C15H18N2O. The first-order chi connectivity index (χ1) is 8.88. The van der Waals surface area contributed by atoms with E-state index >= 15 is 0 Å². The van der Waals surface area contributed by atoms with Crippen molar-refractivity contribution in [1.82, 2.24) is 4.98 Å². The van der Waals surface area contributed by atoms with Gasteiger partial charge in [-0.2, -0.15) is 0 Å². The summed E-state index contributed by atoms with van der Waals surface area (Å²) in [5, 5.41) is 3.40. The molecule has 0 atom stereocenters. The monoisotopic (exact) mass is 242 g/mol. The highest BCUT2D eigenvalue weighted by Gasteiger charge is 1.95. The lowest BCUT2D eigenvalue weighted by Crippen LogP contribution is -2.04. The third-order valence-electron chi connectivity index (χ3n) is 2.76. The van der Waals surface area contributed by atoms with Crippen molar-refractivity contribution in [2.24, 2.45) is 0 Å². The molecule has 1 N–H and O–H groups in total. The predicted octanol–water partition coefficient (Wildman–Crippen LogP) is 2.88. The molecule has 0 aliphatic carbocycles. The van der Waals surface area contributed by atoms with Gasteiger partial charge in [-0.3, -0.25) is 4.98 Å². The molecule has 1 aromatic carbocycles. The maximum absolute atomic E-state index is 5.08. The SMILES string of the molecule is COCc1ccc(NCCc2ccncc2)cc1. The Morgan fingerprint density at radius 1 is 1.00 bits per heavy atom. The van der Waals surface area contributed by atoms with E-state index in [0.29, 0.717) is 6.61 Å². The van der Waals surface area contributed by atoms with Crippen molar-refractivity contribution < 1.29 is 4.74 Å². The van der Waals surface area contributed by atoms with Crippen LogP contribution in [0.25, 0.3) is 0 Å². The number of ether oxygens (including phenoxy) is 1. The van der Waals surface area contributed by atoms with Crippen LogP contribution in [0, 0.1) is 0 Å². The number of benzene rings is 1. The average molecular weight is 242 g/mol. The van der Waals surface area contributed by atoms with Crippen molar-refractivity contribution >= 4 is 5.69 Å². The fourth-order valence-electron chi connectivity index (χ4n) is 1.79. The van der Waals surface area contributed by atoms with E-state index < -0.39 is 0 Å². The molecule has 0 fully saturated rings. The average Bonchev–Trinajstić information content (AvgIpc) is 2.42. The first-order valence-corrected chi connectivity index (χ1v) is 6.09. The number of rotatable bonds is 6. The van der Waals surface area contributed by atoms with E-state index in [9.17, 15) is 0 Å². The topological polar surface area (TPSA) is 34.1 Å². The quantitative estimate of drug-likeness (QED) is 0.845. The van der Waals surface area contributed by atoms with Crippen LogP contribution < -0.4 is 5.32 Å². The standard InChI is InChI=1S/C15H18N2O/c1-18-12-14-2-4-15(5-3-14)17-11-8-13-6-9-16-10-7-13/h2-7,9-10,17H,8,11-12H2,1H3. The molecule has 94 valence electrons. The zero-order chi connectivity index (χ0) is 12.6. The van der Waals surface area contributed by atoms with Gasteiger partial charge in [0, 0.05) is 31.7 Å². The van der Waals surface area contributed by atoms with E-state index in [1.807, 2.05) is 24.5 Å². The fourth-order valence-corrected chi connectivity index (χ4v) is 1.79. The van der Waals surface area contributed by atoms with Crippen LogP contribution in [0.3, 0.4) is 0 Å². The zero-order valence-electron chi connectivity index (χ0n) is 10.6. The smallest absolute Gasteiger partial charge is 0.0713 e. The van der Waals surface area contributed by atoms with E-state index in [2.05, 4.69) is 34.6 Å². The summed E-state index contributed by atoms with van der Waals surface area (Å²) in [5.74, 6) is 0. The second-order valence-electron chi connectivity index (χ2n) is 4.16. The molecule has 18 heavy (non-hydrogen) atoms. The third kappa shape index (κ3) is 3.86. The lowest BCUT2D eigenvalue weighted by Gasteiger charge is -2.07. The molecular weight excluding hydrogens is 224 g/mol. The van der Waals surface area contributed by atoms with Gasteiger partial charge in [0.15, 0.2) is 0 Å². The summed E-state index contributed by atoms with van der Waals surface area (Å²) >= 11 is 0. The Balaban J connectivity index is 1.80. The van der Waals surface area contributed by atoms with Crippen LogP contribution in [-0.4, -0.2) is 18.6 Å². The number of aromatic nitrogens is 1. The Labute approximate surface area is 108 Å². The molecule has 3 nitrogen and oxygen atoms in total. The molecule has 0 aliphatic rings. The predicted molar refractivity (Wildman–Crippen MR) is 73.6 cm³/mol. The van der Waals surface area contributed by atoms with Crippen LogP contribution in [-0.2, 0) is 17.8 Å². The Kier molecular flexibility index (Phi) is 4.73. The number of hydrogen-bond acceptors (Lipinski definition) is 3. The highest BCUT2D eigenvalue weighted by molar-refractivity contribution is 5.44. The first kappa shape index (κ1) is 12.6. The van der Waals surface area contributed by atoms with Crippen LogP contribution in [0.1, 0.15) is 11.1 Å². The Morgan fingerprint density at radius 2 is 1.72 bits per heavy atom. The summed E-state index contributed by atoms with van der Waals surface area (Å²) in [4.78, 5) is 4.01. The van der Waals surface area contributed by atoms with Gasteiger partial charge in [-0.05, 0) is 41.8 Å². The van der Waals surface area contributed by atoms with Gasteiger partial charge in [0.05, 0.1) is 6.61 Å². The molecule has 2 aromatic rings. The number of nitrogens with one attached hydrogen (secondary N) is 1. The fraction of sp³-hybridized carbons (Fsp3) is 0.267. The van der Waals surface area contributed by atoms with Crippen molar-refractivity contribution in [3.05, 3.63) is 59.9 Å². The molecule has 1 heterocycles. The summed E-state index contributed by atoms with van der Waals surface area (Å²) < 4.78 is 5.08. The molecule has 0 spiro atoms. The molecule has 1 aromatic heterocycles. The van der Waals surface area contributed by atoms with E-state index in [1.54, 1.807) is 7.11 Å². The van der Waals surface area contributed by atoms with Gasteiger partial charge < -0.3 is 10.1 Å². The van der Waals surface area contributed by atoms with E-state index in [0.717, 1.165) is 18.7 Å². The largest absolute Gasteiger partial charge is 0.385 e. The Hall–Kier alpha value is -1.87. The van der Waals surface area contributed by atoms with Gasteiger partial charge >= 0.3 is 0 Å². The number of pyridine rings is 1. The number of nitrogens with zero attached hydrogens (tertiary/aromatic N) is 1. The van der Waals surface area contributed by atoms with Crippen molar-refractivity contribution in [3.63, 3.8) is 0 Å². The molecule has 0 amide bonds. The van der Waals surface area contributed by atoms with Gasteiger partial charge in [0.1, 0.15) is 0 Å². The zero-order valence-corrected chi connectivity index (χ0v) is 10.6. The lowest BCUT2D eigenvalue weighted by atomic mass is 10.2. The van der Waals surface area contributed by atoms with E-state index in [1.165, 1.54) is 11.1 Å². The minimum atomic E-state index is 0.664. The van der Waals surface area contributed by atoms with Gasteiger partial charge in [0.2, 0.25) is 0 Å². The van der Waals surface area contributed by atoms with Crippen molar-refractivity contribution in [1.29, 1.82) is 0 Å². The van der Waals surface area contributed by atoms with Crippen molar-refractivity contribution in [3.8, 4) is 0 Å². The minimum Gasteiger partial charge on any atom is -0.385 e.